The first kappa shape index (κ1) is 18.5. The van der Waals surface area contributed by atoms with Crippen LogP contribution in [-0.2, 0) is 6.54 Å². The maximum absolute atomic E-state index is 6.26. The number of hydrogen-bond donors (Lipinski definition) is 1. The molecule has 1 heterocycles. The van der Waals surface area contributed by atoms with Gasteiger partial charge in [0, 0.05) is 48.5 Å². The van der Waals surface area contributed by atoms with Gasteiger partial charge in [0.2, 0.25) is 0 Å². The van der Waals surface area contributed by atoms with Crippen molar-refractivity contribution < 1.29 is 0 Å². The fraction of sp³-hybridized carbons (Fsp3) is 0.316. The Labute approximate surface area is 164 Å². The second kappa shape index (κ2) is 8.37. The summed E-state index contributed by atoms with van der Waals surface area (Å²) in [6, 6.07) is 13.8. The molecule has 0 radical (unpaired) electrons. The summed E-state index contributed by atoms with van der Waals surface area (Å²) < 4.78 is 0. The van der Waals surface area contributed by atoms with E-state index in [1.807, 2.05) is 43.3 Å². The van der Waals surface area contributed by atoms with E-state index in [0.29, 0.717) is 0 Å². The van der Waals surface area contributed by atoms with Gasteiger partial charge in [-0.15, -0.1) is 0 Å². The molecule has 132 valence electrons. The minimum absolute atomic E-state index is 0.748. The first-order valence-electron chi connectivity index (χ1n) is 8.31. The van der Waals surface area contributed by atoms with Crippen molar-refractivity contribution in [2.24, 2.45) is 0 Å². The van der Waals surface area contributed by atoms with Crippen molar-refractivity contribution >= 4 is 46.2 Å². The summed E-state index contributed by atoms with van der Waals surface area (Å²) in [7, 11) is 0. The summed E-state index contributed by atoms with van der Waals surface area (Å²) >= 11 is 18.0. The highest BCUT2D eigenvalue weighted by Gasteiger charge is 2.20. The van der Waals surface area contributed by atoms with E-state index in [9.17, 15) is 0 Å². The number of benzene rings is 2. The summed E-state index contributed by atoms with van der Waals surface area (Å²) in [6.45, 7) is 6.59. The average Bonchev–Trinajstić information content (AvgIpc) is 2.61. The Balaban J connectivity index is 1.54. The Morgan fingerprint density at radius 1 is 1.00 bits per heavy atom. The molecule has 0 aromatic heterocycles. The molecule has 2 aromatic rings. The monoisotopic (exact) mass is 393 g/mol. The molecule has 0 aliphatic carbocycles. The van der Waals surface area contributed by atoms with Gasteiger partial charge in [0.15, 0.2) is 5.11 Å². The number of piperazine rings is 1. The molecule has 1 saturated heterocycles. The number of halogens is 2. The topological polar surface area (TPSA) is 18.5 Å². The molecule has 1 aliphatic rings. The molecule has 1 aliphatic heterocycles. The van der Waals surface area contributed by atoms with Crippen LogP contribution in [0.3, 0.4) is 0 Å². The summed E-state index contributed by atoms with van der Waals surface area (Å²) in [5.41, 5.74) is 3.16. The van der Waals surface area contributed by atoms with Crippen molar-refractivity contribution in [1.82, 2.24) is 9.80 Å². The zero-order valence-electron chi connectivity index (χ0n) is 14.1. The lowest BCUT2D eigenvalue weighted by molar-refractivity contribution is 0.177. The van der Waals surface area contributed by atoms with E-state index < -0.39 is 0 Å². The highest BCUT2D eigenvalue weighted by atomic mass is 35.5. The summed E-state index contributed by atoms with van der Waals surface area (Å²) in [5, 5.41) is 5.66. The standard InChI is InChI=1S/C19H21Cl2N3S/c1-14-16(20)7-4-8-18(14)22-19(25)24-11-9-23(10-12-24)13-15-5-2-3-6-17(15)21/h2-8H,9-13H2,1H3,(H,22,25). The number of thiocarbonyl (C=S) groups is 1. The minimum atomic E-state index is 0.748. The number of anilines is 1. The molecular formula is C19H21Cl2N3S. The van der Waals surface area contributed by atoms with Crippen LogP contribution in [0.2, 0.25) is 10.0 Å². The van der Waals surface area contributed by atoms with Crippen LogP contribution < -0.4 is 5.32 Å². The van der Waals surface area contributed by atoms with E-state index in [2.05, 4.69) is 21.2 Å². The Morgan fingerprint density at radius 3 is 2.40 bits per heavy atom. The predicted molar refractivity (Wildman–Crippen MR) is 111 cm³/mol. The van der Waals surface area contributed by atoms with E-state index >= 15 is 0 Å². The molecule has 1 fully saturated rings. The predicted octanol–water partition coefficient (Wildman–Crippen LogP) is 4.82. The largest absolute Gasteiger partial charge is 0.346 e. The fourth-order valence-corrected chi connectivity index (χ4v) is 3.58. The van der Waals surface area contributed by atoms with Crippen LogP contribution in [0.15, 0.2) is 42.5 Å². The molecule has 3 rings (SSSR count). The van der Waals surface area contributed by atoms with Crippen LogP contribution >= 0.6 is 35.4 Å². The average molecular weight is 394 g/mol. The molecule has 2 aromatic carbocycles. The maximum atomic E-state index is 6.26. The third-order valence-corrected chi connectivity index (χ3v) is 5.66. The SMILES string of the molecule is Cc1c(Cl)cccc1NC(=S)N1CCN(Cc2ccccc2Cl)CC1. The number of nitrogens with one attached hydrogen (secondary N) is 1. The zero-order chi connectivity index (χ0) is 17.8. The van der Waals surface area contributed by atoms with Crippen molar-refractivity contribution in [2.45, 2.75) is 13.5 Å². The Kier molecular flexibility index (Phi) is 6.18. The van der Waals surface area contributed by atoms with Gasteiger partial charge in [-0.05, 0) is 48.5 Å². The number of hydrogen-bond acceptors (Lipinski definition) is 2. The highest BCUT2D eigenvalue weighted by Crippen LogP contribution is 2.23. The molecular weight excluding hydrogens is 373 g/mol. The smallest absolute Gasteiger partial charge is 0.173 e. The normalized spacial score (nSPS) is 15.2. The molecule has 25 heavy (non-hydrogen) atoms. The lowest BCUT2D eigenvalue weighted by atomic mass is 10.2. The molecule has 0 amide bonds. The Morgan fingerprint density at radius 2 is 1.68 bits per heavy atom. The third-order valence-electron chi connectivity index (χ3n) is 4.52. The van der Waals surface area contributed by atoms with Crippen LogP contribution in [0.5, 0.6) is 0 Å². The second-order valence-electron chi connectivity index (χ2n) is 6.20. The van der Waals surface area contributed by atoms with Gasteiger partial charge in [-0.1, -0.05) is 47.5 Å². The van der Waals surface area contributed by atoms with Gasteiger partial charge in [-0.25, -0.2) is 0 Å². The molecule has 0 unspecified atom stereocenters. The number of rotatable bonds is 3. The van der Waals surface area contributed by atoms with Gasteiger partial charge < -0.3 is 10.2 Å². The molecule has 3 nitrogen and oxygen atoms in total. The van der Waals surface area contributed by atoms with Crippen molar-refractivity contribution in [2.75, 3.05) is 31.5 Å². The second-order valence-corrected chi connectivity index (χ2v) is 7.40. The van der Waals surface area contributed by atoms with Gasteiger partial charge >= 0.3 is 0 Å². The van der Waals surface area contributed by atoms with Crippen LogP contribution in [-0.4, -0.2) is 41.1 Å². The van der Waals surface area contributed by atoms with E-state index in [-0.39, 0.29) is 0 Å². The molecule has 6 heteroatoms. The van der Waals surface area contributed by atoms with E-state index in [1.54, 1.807) is 0 Å². The van der Waals surface area contributed by atoms with Crippen LogP contribution in [0.25, 0.3) is 0 Å². The third kappa shape index (κ3) is 4.64. The van der Waals surface area contributed by atoms with E-state index in [0.717, 1.165) is 59.1 Å². The van der Waals surface area contributed by atoms with Gasteiger partial charge in [0.25, 0.3) is 0 Å². The first-order chi connectivity index (χ1) is 12.0. The molecule has 0 spiro atoms. The lowest BCUT2D eigenvalue weighted by Crippen LogP contribution is -2.49. The number of nitrogens with zero attached hydrogens (tertiary/aromatic N) is 2. The van der Waals surface area contributed by atoms with Gasteiger partial charge in [0.1, 0.15) is 0 Å². The lowest BCUT2D eigenvalue weighted by Gasteiger charge is -2.36. The highest BCUT2D eigenvalue weighted by molar-refractivity contribution is 7.80. The van der Waals surface area contributed by atoms with E-state index in [4.69, 9.17) is 35.4 Å². The quantitative estimate of drug-likeness (QED) is 0.753. The molecule has 0 saturated carbocycles. The summed E-state index contributed by atoms with van der Waals surface area (Å²) in [5.74, 6) is 0. The van der Waals surface area contributed by atoms with Crippen molar-refractivity contribution in [1.29, 1.82) is 0 Å². The molecule has 0 bridgehead atoms. The minimum Gasteiger partial charge on any atom is -0.346 e. The van der Waals surface area contributed by atoms with Gasteiger partial charge in [-0.3, -0.25) is 4.90 Å². The zero-order valence-corrected chi connectivity index (χ0v) is 16.5. The van der Waals surface area contributed by atoms with E-state index in [1.165, 1.54) is 5.56 Å². The van der Waals surface area contributed by atoms with Crippen molar-refractivity contribution in [3.05, 3.63) is 63.6 Å². The van der Waals surface area contributed by atoms with Crippen LogP contribution in [0.4, 0.5) is 5.69 Å². The fourth-order valence-electron chi connectivity index (χ4n) is 2.91. The van der Waals surface area contributed by atoms with Crippen molar-refractivity contribution in [3.63, 3.8) is 0 Å². The Bertz CT molecular complexity index is 758. The molecule has 1 N–H and O–H groups in total. The summed E-state index contributed by atoms with van der Waals surface area (Å²) in [4.78, 5) is 4.61. The van der Waals surface area contributed by atoms with Gasteiger partial charge in [-0.2, -0.15) is 0 Å². The van der Waals surface area contributed by atoms with Crippen molar-refractivity contribution in [3.8, 4) is 0 Å². The van der Waals surface area contributed by atoms with Crippen LogP contribution in [0, 0.1) is 6.92 Å². The molecule has 0 atom stereocenters. The summed E-state index contributed by atoms with van der Waals surface area (Å²) in [6.07, 6.45) is 0. The first-order valence-corrected chi connectivity index (χ1v) is 9.48. The van der Waals surface area contributed by atoms with Gasteiger partial charge in [0.05, 0.1) is 0 Å². The van der Waals surface area contributed by atoms with Crippen LogP contribution in [0.1, 0.15) is 11.1 Å². The maximum Gasteiger partial charge on any atom is 0.173 e. The Hall–Kier alpha value is -1.33.